The van der Waals surface area contributed by atoms with Crippen molar-refractivity contribution in [3.8, 4) is 0 Å². The molecule has 5 heteroatoms. The summed E-state index contributed by atoms with van der Waals surface area (Å²) in [6.07, 6.45) is 0. The molecule has 0 amide bonds. The summed E-state index contributed by atoms with van der Waals surface area (Å²) in [5.41, 5.74) is 1.47. The molecule has 5 nitrogen and oxygen atoms in total. The van der Waals surface area contributed by atoms with E-state index in [1.807, 2.05) is 30.3 Å². The summed E-state index contributed by atoms with van der Waals surface area (Å²) < 4.78 is 9.47. The van der Waals surface area contributed by atoms with E-state index in [0.29, 0.717) is 5.69 Å². The van der Waals surface area contributed by atoms with Crippen LogP contribution >= 0.6 is 0 Å². The fraction of sp³-hybridized carbons (Fsp3) is 0.182. The summed E-state index contributed by atoms with van der Waals surface area (Å²) in [7, 11) is 0. The van der Waals surface area contributed by atoms with Crippen molar-refractivity contribution < 1.29 is 14.2 Å². The second-order valence-corrected chi connectivity index (χ2v) is 3.26. The first-order chi connectivity index (χ1) is 7.77. The maximum Gasteiger partial charge on any atom is 0.362 e. The Bertz CT molecular complexity index is 479. The Balaban J connectivity index is 1.97. The first-order valence-corrected chi connectivity index (χ1v) is 4.77. The fourth-order valence-electron chi connectivity index (χ4n) is 1.21. The van der Waals surface area contributed by atoms with Crippen LogP contribution in [0.25, 0.3) is 0 Å². The number of esters is 1. The number of aromatic nitrogens is 2. The first kappa shape index (κ1) is 10.4. The van der Waals surface area contributed by atoms with Gasteiger partial charge in [-0.1, -0.05) is 35.5 Å². The number of carbonyl (C=O) groups excluding carboxylic acids is 1. The SMILES string of the molecule is Cc1nonc1C(=O)OCc1ccccc1. The van der Waals surface area contributed by atoms with Gasteiger partial charge in [-0.2, -0.15) is 0 Å². The van der Waals surface area contributed by atoms with E-state index in [1.165, 1.54) is 0 Å². The quantitative estimate of drug-likeness (QED) is 0.734. The molecule has 1 aromatic heterocycles. The van der Waals surface area contributed by atoms with Crippen LogP contribution in [0.5, 0.6) is 0 Å². The zero-order valence-corrected chi connectivity index (χ0v) is 8.71. The molecule has 0 unspecified atom stereocenters. The minimum atomic E-state index is -0.525. The smallest absolute Gasteiger partial charge is 0.362 e. The average Bonchev–Trinajstić information content (AvgIpc) is 2.74. The topological polar surface area (TPSA) is 65.2 Å². The number of ether oxygens (including phenoxy) is 1. The standard InChI is InChI=1S/C11H10N2O3/c1-8-10(13-16-12-8)11(14)15-7-9-5-3-2-4-6-9/h2-6H,7H2,1H3. The van der Waals surface area contributed by atoms with E-state index in [1.54, 1.807) is 6.92 Å². The zero-order valence-electron chi connectivity index (χ0n) is 8.71. The first-order valence-electron chi connectivity index (χ1n) is 4.77. The minimum absolute atomic E-state index is 0.121. The maximum atomic E-state index is 11.5. The fourth-order valence-corrected chi connectivity index (χ4v) is 1.21. The van der Waals surface area contributed by atoms with Crippen molar-refractivity contribution >= 4 is 5.97 Å². The number of aryl methyl sites for hydroxylation is 1. The van der Waals surface area contributed by atoms with E-state index in [-0.39, 0.29) is 12.3 Å². The van der Waals surface area contributed by atoms with E-state index in [9.17, 15) is 4.79 Å². The molecule has 82 valence electrons. The lowest BCUT2D eigenvalue weighted by molar-refractivity contribution is 0.0459. The molecule has 2 aromatic rings. The third-order valence-corrected chi connectivity index (χ3v) is 2.06. The highest BCUT2D eigenvalue weighted by Crippen LogP contribution is 2.06. The van der Waals surface area contributed by atoms with Crippen molar-refractivity contribution in [3.63, 3.8) is 0 Å². The minimum Gasteiger partial charge on any atom is -0.456 e. The van der Waals surface area contributed by atoms with Crippen LogP contribution in [0, 0.1) is 6.92 Å². The normalized spacial score (nSPS) is 10.1. The van der Waals surface area contributed by atoms with Crippen LogP contribution in [0.3, 0.4) is 0 Å². The summed E-state index contributed by atoms with van der Waals surface area (Å²) in [6.45, 7) is 1.85. The lowest BCUT2D eigenvalue weighted by Crippen LogP contribution is -2.07. The Morgan fingerprint density at radius 2 is 2.06 bits per heavy atom. The number of hydrogen-bond donors (Lipinski definition) is 0. The lowest BCUT2D eigenvalue weighted by Gasteiger charge is -2.02. The Morgan fingerprint density at radius 3 is 2.69 bits per heavy atom. The predicted molar refractivity (Wildman–Crippen MR) is 54.6 cm³/mol. The third kappa shape index (κ3) is 2.25. The van der Waals surface area contributed by atoms with Gasteiger partial charge in [0.1, 0.15) is 12.3 Å². The monoisotopic (exact) mass is 218 g/mol. The lowest BCUT2D eigenvalue weighted by atomic mass is 10.2. The molecule has 0 saturated heterocycles. The van der Waals surface area contributed by atoms with Crippen LogP contribution in [-0.2, 0) is 11.3 Å². The van der Waals surface area contributed by atoms with Gasteiger partial charge in [0.2, 0.25) is 5.69 Å². The van der Waals surface area contributed by atoms with Gasteiger partial charge in [-0.3, -0.25) is 0 Å². The van der Waals surface area contributed by atoms with E-state index >= 15 is 0 Å². The second-order valence-electron chi connectivity index (χ2n) is 3.26. The molecule has 0 saturated carbocycles. The Hall–Kier alpha value is -2.17. The summed E-state index contributed by atoms with van der Waals surface area (Å²) in [6, 6.07) is 9.41. The van der Waals surface area contributed by atoms with Gasteiger partial charge in [-0.25, -0.2) is 9.42 Å². The van der Waals surface area contributed by atoms with E-state index in [0.717, 1.165) is 5.56 Å². The highest BCUT2D eigenvalue weighted by Gasteiger charge is 2.16. The van der Waals surface area contributed by atoms with Crippen LogP contribution in [0.4, 0.5) is 0 Å². The molecule has 0 aliphatic rings. The number of benzene rings is 1. The van der Waals surface area contributed by atoms with E-state index < -0.39 is 5.97 Å². The summed E-state index contributed by atoms with van der Waals surface area (Å²) in [5.74, 6) is -0.525. The molecule has 2 rings (SSSR count). The summed E-state index contributed by atoms with van der Waals surface area (Å²) in [4.78, 5) is 11.5. The number of nitrogens with zero attached hydrogens (tertiary/aromatic N) is 2. The molecule has 1 heterocycles. The van der Waals surface area contributed by atoms with Gasteiger partial charge >= 0.3 is 5.97 Å². The van der Waals surface area contributed by atoms with Gasteiger partial charge in [-0.15, -0.1) is 0 Å². The summed E-state index contributed by atoms with van der Waals surface area (Å²) >= 11 is 0. The Morgan fingerprint density at radius 1 is 1.31 bits per heavy atom. The van der Waals surface area contributed by atoms with Gasteiger partial charge in [0, 0.05) is 0 Å². The van der Waals surface area contributed by atoms with Crippen molar-refractivity contribution in [2.75, 3.05) is 0 Å². The molecule has 0 radical (unpaired) electrons. The second kappa shape index (κ2) is 4.57. The highest BCUT2D eigenvalue weighted by atomic mass is 16.6. The molecule has 0 N–H and O–H groups in total. The van der Waals surface area contributed by atoms with E-state index in [4.69, 9.17) is 4.74 Å². The molecule has 0 aliphatic heterocycles. The molecular weight excluding hydrogens is 208 g/mol. The Kier molecular flexibility index (Phi) is 2.95. The molecular formula is C11H10N2O3. The van der Waals surface area contributed by atoms with Gasteiger partial charge < -0.3 is 4.74 Å². The molecule has 0 atom stereocenters. The van der Waals surface area contributed by atoms with Crippen LogP contribution in [0.2, 0.25) is 0 Å². The van der Waals surface area contributed by atoms with Gasteiger partial charge in [0.05, 0.1) is 0 Å². The highest BCUT2D eigenvalue weighted by molar-refractivity contribution is 5.87. The van der Waals surface area contributed by atoms with Gasteiger partial charge in [-0.05, 0) is 17.6 Å². The molecule has 0 spiro atoms. The van der Waals surface area contributed by atoms with Crippen LogP contribution < -0.4 is 0 Å². The molecule has 0 fully saturated rings. The number of carbonyl (C=O) groups is 1. The molecule has 0 aliphatic carbocycles. The van der Waals surface area contributed by atoms with Crippen molar-refractivity contribution in [2.24, 2.45) is 0 Å². The molecule has 1 aromatic carbocycles. The van der Waals surface area contributed by atoms with Crippen molar-refractivity contribution in [3.05, 3.63) is 47.3 Å². The van der Waals surface area contributed by atoms with E-state index in [2.05, 4.69) is 14.9 Å². The molecule has 16 heavy (non-hydrogen) atoms. The maximum absolute atomic E-state index is 11.5. The largest absolute Gasteiger partial charge is 0.456 e. The Labute approximate surface area is 92.0 Å². The van der Waals surface area contributed by atoms with Crippen molar-refractivity contribution in [1.29, 1.82) is 0 Å². The van der Waals surface area contributed by atoms with Gasteiger partial charge in [0.25, 0.3) is 0 Å². The number of rotatable bonds is 3. The van der Waals surface area contributed by atoms with Crippen LogP contribution in [0.15, 0.2) is 35.0 Å². The zero-order chi connectivity index (χ0) is 11.4. The number of hydrogen-bond acceptors (Lipinski definition) is 5. The molecule has 0 bridgehead atoms. The average molecular weight is 218 g/mol. The van der Waals surface area contributed by atoms with Crippen molar-refractivity contribution in [2.45, 2.75) is 13.5 Å². The van der Waals surface area contributed by atoms with Gasteiger partial charge in [0.15, 0.2) is 0 Å². The predicted octanol–water partition coefficient (Wildman–Crippen LogP) is 1.74. The summed E-state index contributed by atoms with van der Waals surface area (Å²) in [5, 5.41) is 6.97. The third-order valence-electron chi connectivity index (χ3n) is 2.06. The van der Waals surface area contributed by atoms with Crippen LogP contribution in [0.1, 0.15) is 21.7 Å². The van der Waals surface area contributed by atoms with Crippen molar-refractivity contribution in [1.82, 2.24) is 10.3 Å². The van der Waals surface area contributed by atoms with Crippen LogP contribution in [-0.4, -0.2) is 16.3 Å².